The van der Waals surface area contributed by atoms with Crippen molar-refractivity contribution in [3.05, 3.63) is 69.9 Å². The predicted molar refractivity (Wildman–Crippen MR) is 89.5 cm³/mol. The lowest BCUT2D eigenvalue weighted by Crippen LogP contribution is -2.23. The maximum Gasteiger partial charge on any atom is 0.0597 e. The quantitative estimate of drug-likeness (QED) is 0.699. The first-order valence-electron chi connectivity index (χ1n) is 7.32. The molecule has 0 saturated carbocycles. The van der Waals surface area contributed by atoms with Gasteiger partial charge in [-0.3, -0.25) is 14.6 Å². The third-order valence-corrected chi connectivity index (χ3v) is 4.33. The van der Waals surface area contributed by atoms with Crippen LogP contribution in [0, 0.1) is 6.92 Å². The van der Waals surface area contributed by atoms with Crippen molar-refractivity contribution in [2.75, 3.05) is 0 Å². The van der Waals surface area contributed by atoms with E-state index in [0.29, 0.717) is 0 Å². The molecular weight excluding hydrogens is 292 g/mol. The molecule has 0 bridgehead atoms. The van der Waals surface area contributed by atoms with Crippen molar-refractivity contribution in [2.24, 2.45) is 7.05 Å². The zero-order valence-electron chi connectivity index (χ0n) is 12.9. The zero-order valence-corrected chi connectivity index (χ0v) is 13.8. The van der Waals surface area contributed by atoms with Gasteiger partial charge >= 0.3 is 0 Å². The zero-order chi connectivity index (χ0) is 15.4. The van der Waals surface area contributed by atoms with Gasteiger partial charge in [-0.15, -0.1) is 0 Å². The second-order valence-electron chi connectivity index (χ2n) is 5.54. The van der Waals surface area contributed by atoms with Crippen molar-refractivity contribution in [1.82, 2.24) is 19.7 Å². The van der Waals surface area contributed by atoms with E-state index in [4.69, 9.17) is 0 Å². The van der Waals surface area contributed by atoms with Gasteiger partial charge in [-0.2, -0.15) is 16.4 Å². The number of rotatable bonds is 6. The van der Waals surface area contributed by atoms with Crippen molar-refractivity contribution in [3.63, 3.8) is 0 Å². The molecule has 0 fully saturated rings. The molecule has 0 N–H and O–H groups in total. The first-order chi connectivity index (χ1) is 10.7. The normalized spacial score (nSPS) is 11.2. The van der Waals surface area contributed by atoms with Crippen molar-refractivity contribution in [2.45, 2.75) is 26.6 Å². The van der Waals surface area contributed by atoms with Gasteiger partial charge in [-0.1, -0.05) is 6.07 Å². The molecule has 3 rings (SSSR count). The maximum absolute atomic E-state index is 4.45. The van der Waals surface area contributed by atoms with Crippen LogP contribution in [0.4, 0.5) is 0 Å². The minimum Gasteiger partial charge on any atom is -0.289 e. The van der Waals surface area contributed by atoms with E-state index in [2.05, 4.69) is 43.9 Å². The lowest BCUT2D eigenvalue weighted by atomic mass is 10.2. The van der Waals surface area contributed by atoms with E-state index in [1.807, 2.05) is 37.1 Å². The van der Waals surface area contributed by atoms with Crippen LogP contribution >= 0.6 is 11.3 Å². The Labute approximate surface area is 135 Å². The molecule has 3 aromatic rings. The summed E-state index contributed by atoms with van der Waals surface area (Å²) in [5.74, 6) is 0. The monoisotopic (exact) mass is 312 g/mol. The molecule has 4 nitrogen and oxygen atoms in total. The summed E-state index contributed by atoms with van der Waals surface area (Å²) in [6.07, 6.45) is 3.76. The molecule has 0 atom stereocenters. The Balaban J connectivity index is 1.77. The Morgan fingerprint density at radius 1 is 1.18 bits per heavy atom. The Hall–Kier alpha value is -1.98. The van der Waals surface area contributed by atoms with Crippen LogP contribution in [0.1, 0.15) is 22.5 Å². The molecule has 0 aromatic carbocycles. The Kier molecular flexibility index (Phi) is 4.65. The largest absolute Gasteiger partial charge is 0.289 e. The van der Waals surface area contributed by atoms with Crippen LogP contribution in [0.15, 0.2) is 47.4 Å². The van der Waals surface area contributed by atoms with Crippen LogP contribution in [0.3, 0.4) is 0 Å². The van der Waals surface area contributed by atoms with Crippen LogP contribution in [-0.2, 0) is 26.7 Å². The summed E-state index contributed by atoms with van der Waals surface area (Å²) >= 11 is 1.74. The van der Waals surface area contributed by atoms with Gasteiger partial charge < -0.3 is 0 Å². The van der Waals surface area contributed by atoms with E-state index in [9.17, 15) is 0 Å². The van der Waals surface area contributed by atoms with E-state index in [1.165, 1.54) is 16.8 Å². The number of aromatic nitrogens is 3. The number of thiophene rings is 1. The molecule has 0 amide bonds. The standard InChI is InChI=1S/C17H20N4S/c1-14-8-17(20(2)19-14)12-21(11-16-5-7-22-13-16)10-15-4-3-6-18-9-15/h3-9,13H,10-12H2,1-2H3. The molecule has 0 aliphatic carbocycles. The highest BCUT2D eigenvalue weighted by Gasteiger charge is 2.12. The van der Waals surface area contributed by atoms with Gasteiger partial charge in [0.15, 0.2) is 0 Å². The van der Waals surface area contributed by atoms with Crippen LogP contribution in [0.25, 0.3) is 0 Å². The van der Waals surface area contributed by atoms with Crippen molar-refractivity contribution < 1.29 is 0 Å². The summed E-state index contributed by atoms with van der Waals surface area (Å²) in [5, 5.41) is 8.79. The van der Waals surface area contributed by atoms with Crippen LogP contribution in [0.5, 0.6) is 0 Å². The fourth-order valence-corrected chi connectivity index (χ4v) is 3.26. The SMILES string of the molecule is Cc1cc(CN(Cc2cccnc2)Cc2ccsc2)n(C)n1. The topological polar surface area (TPSA) is 34.0 Å². The summed E-state index contributed by atoms with van der Waals surface area (Å²) < 4.78 is 1.97. The van der Waals surface area contributed by atoms with Gasteiger partial charge in [-0.05, 0) is 47.0 Å². The lowest BCUT2D eigenvalue weighted by Gasteiger charge is -2.22. The molecule has 114 valence electrons. The smallest absolute Gasteiger partial charge is 0.0597 e. The van der Waals surface area contributed by atoms with E-state index in [1.54, 1.807) is 11.3 Å². The fourth-order valence-electron chi connectivity index (χ4n) is 2.60. The minimum absolute atomic E-state index is 0.877. The van der Waals surface area contributed by atoms with E-state index in [-0.39, 0.29) is 0 Å². The Bertz CT molecular complexity index is 704. The molecule has 5 heteroatoms. The summed E-state index contributed by atoms with van der Waals surface area (Å²) in [7, 11) is 2.01. The number of nitrogens with zero attached hydrogens (tertiary/aromatic N) is 4. The molecule has 0 aliphatic heterocycles. The number of hydrogen-bond donors (Lipinski definition) is 0. The first kappa shape index (κ1) is 14.9. The highest BCUT2D eigenvalue weighted by Crippen LogP contribution is 2.15. The van der Waals surface area contributed by atoms with Crippen LogP contribution in [-0.4, -0.2) is 19.7 Å². The molecule has 0 aliphatic rings. The first-order valence-corrected chi connectivity index (χ1v) is 8.27. The molecular formula is C17H20N4S. The summed E-state index contributed by atoms with van der Waals surface area (Å²) in [5.41, 5.74) is 4.88. The number of hydrogen-bond acceptors (Lipinski definition) is 4. The minimum atomic E-state index is 0.877. The second-order valence-corrected chi connectivity index (χ2v) is 6.32. The third-order valence-electron chi connectivity index (χ3n) is 3.60. The average Bonchev–Trinajstić information content (AvgIpc) is 3.10. The average molecular weight is 312 g/mol. The summed E-state index contributed by atoms with van der Waals surface area (Å²) in [6.45, 7) is 4.73. The van der Waals surface area contributed by atoms with Gasteiger partial charge in [0, 0.05) is 39.1 Å². The van der Waals surface area contributed by atoms with E-state index in [0.717, 1.165) is 25.3 Å². The van der Waals surface area contributed by atoms with Gasteiger partial charge in [0.25, 0.3) is 0 Å². The molecule has 3 heterocycles. The molecule has 22 heavy (non-hydrogen) atoms. The van der Waals surface area contributed by atoms with Crippen molar-refractivity contribution >= 4 is 11.3 Å². The van der Waals surface area contributed by atoms with E-state index >= 15 is 0 Å². The molecule has 0 saturated heterocycles. The van der Waals surface area contributed by atoms with E-state index < -0.39 is 0 Å². The van der Waals surface area contributed by atoms with Gasteiger partial charge in [-0.25, -0.2) is 0 Å². The van der Waals surface area contributed by atoms with Gasteiger partial charge in [0.1, 0.15) is 0 Å². The lowest BCUT2D eigenvalue weighted by molar-refractivity contribution is 0.241. The Morgan fingerprint density at radius 3 is 2.68 bits per heavy atom. The third kappa shape index (κ3) is 3.81. The summed E-state index contributed by atoms with van der Waals surface area (Å²) in [6, 6.07) is 8.47. The summed E-state index contributed by atoms with van der Waals surface area (Å²) in [4.78, 5) is 6.65. The van der Waals surface area contributed by atoms with Gasteiger partial charge in [0.05, 0.1) is 11.4 Å². The molecule has 0 unspecified atom stereocenters. The Morgan fingerprint density at radius 2 is 2.05 bits per heavy atom. The molecule has 0 spiro atoms. The number of pyridine rings is 1. The van der Waals surface area contributed by atoms with Gasteiger partial charge in [0.2, 0.25) is 0 Å². The fraction of sp³-hybridized carbons (Fsp3) is 0.294. The molecule has 3 aromatic heterocycles. The number of aryl methyl sites for hydroxylation is 2. The molecule has 0 radical (unpaired) electrons. The van der Waals surface area contributed by atoms with Crippen molar-refractivity contribution in [3.8, 4) is 0 Å². The predicted octanol–water partition coefficient (Wildman–Crippen LogP) is 3.39. The van der Waals surface area contributed by atoms with Crippen molar-refractivity contribution in [1.29, 1.82) is 0 Å². The van der Waals surface area contributed by atoms with Crippen LogP contribution < -0.4 is 0 Å². The highest BCUT2D eigenvalue weighted by molar-refractivity contribution is 7.07. The van der Waals surface area contributed by atoms with Crippen LogP contribution in [0.2, 0.25) is 0 Å². The highest BCUT2D eigenvalue weighted by atomic mass is 32.1. The maximum atomic E-state index is 4.45. The second kappa shape index (κ2) is 6.85.